The van der Waals surface area contributed by atoms with Crippen molar-refractivity contribution >= 4 is 23.1 Å². The fraction of sp³-hybridized carbons (Fsp3) is 0.846. The number of nitrogens with zero attached hydrogens (tertiary/aromatic N) is 2. The maximum atomic E-state index is 12.3. The lowest BCUT2D eigenvalue weighted by Gasteiger charge is -2.28. The van der Waals surface area contributed by atoms with Gasteiger partial charge in [-0.05, 0) is 32.9 Å². The van der Waals surface area contributed by atoms with Crippen LogP contribution >= 0.6 is 12.2 Å². The first-order valence-electron chi connectivity index (χ1n) is 6.71. The van der Waals surface area contributed by atoms with Gasteiger partial charge in [0.25, 0.3) is 0 Å². The van der Waals surface area contributed by atoms with Crippen molar-refractivity contribution in [1.29, 1.82) is 0 Å². The van der Waals surface area contributed by atoms with Gasteiger partial charge in [-0.25, -0.2) is 0 Å². The SMILES string of the molecule is CCCC(C(=O)N(C)CC1CCCN1C)C(N)=S. The molecule has 1 heterocycles. The summed E-state index contributed by atoms with van der Waals surface area (Å²) >= 11 is 5.00. The van der Waals surface area contributed by atoms with Crippen molar-refractivity contribution in [2.24, 2.45) is 11.7 Å². The number of nitrogens with two attached hydrogens (primary N) is 1. The largest absolute Gasteiger partial charge is 0.393 e. The van der Waals surface area contributed by atoms with Crippen LogP contribution in [0.3, 0.4) is 0 Å². The quantitative estimate of drug-likeness (QED) is 0.739. The number of hydrogen-bond acceptors (Lipinski definition) is 3. The van der Waals surface area contributed by atoms with Gasteiger partial charge in [0.15, 0.2) is 0 Å². The second-order valence-electron chi connectivity index (χ2n) is 5.24. The van der Waals surface area contributed by atoms with Crippen molar-refractivity contribution in [1.82, 2.24) is 9.80 Å². The molecule has 1 fully saturated rings. The standard InChI is InChI=1S/C13H25N3OS/c1-4-6-11(12(14)18)13(17)16(3)9-10-7-5-8-15(10)2/h10-11H,4-9H2,1-3H3,(H2,14,18). The summed E-state index contributed by atoms with van der Waals surface area (Å²) in [6, 6.07) is 0.479. The Balaban J connectivity index is 2.55. The molecular formula is C13H25N3OS. The number of likely N-dealkylation sites (tertiary alicyclic amines) is 1. The van der Waals surface area contributed by atoms with Gasteiger partial charge < -0.3 is 15.5 Å². The molecule has 0 aromatic heterocycles. The molecule has 0 radical (unpaired) electrons. The summed E-state index contributed by atoms with van der Waals surface area (Å²) in [6.07, 6.45) is 4.06. The molecule has 0 aromatic carbocycles. The summed E-state index contributed by atoms with van der Waals surface area (Å²) in [5, 5.41) is 0. The first-order valence-corrected chi connectivity index (χ1v) is 7.12. The molecule has 0 spiro atoms. The van der Waals surface area contributed by atoms with Gasteiger partial charge in [-0.3, -0.25) is 4.79 Å². The minimum Gasteiger partial charge on any atom is -0.393 e. The van der Waals surface area contributed by atoms with E-state index in [1.165, 1.54) is 12.8 Å². The molecule has 1 amide bonds. The van der Waals surface area contributed by atoms with E-state index in [0.29, 0.717) is 11.0 Å². The molecule has 1 aliphatic rings. The summed E-state index contributed by atoms with van der Waals surface area (Å²) in [6.45, 7) is 3.95. The van der Waals surface area contributed by atoms with Crippen LogP contribution in [0.15, 0.2) is 0 Å². The molecule has 0 aliphatic carbocycles. The van der Waals surface area contributed by atoms with Crippen LogP contribution in [0.4, 0.5) is 0 Å². The van der Waals surface area contributed by atoms with Crippen molar-refractivity contribution in [3.05, 3.63) is 0 Å². The van der Waals surface area contributed by atoms with Gasteiger partial charge in [-0.2, -0.15) is 0 Å². The van der Waals surface area contributed by atoms with Crippen molar-refractivity contribution in [3.63, 3.8) is 0 Å². The molecule has 1 saturated heterocycles. The van der Waals surface area contributed by atoms with Crippen LogP contribution in [-0.2, 0) is 4.79 Å². The third-order valence-electron chi connectivity index (χ3n) is 3.75. The molecule has 104 valence electrons. The minimum atomic E-state index is -0.290. The lowest BCUT2D eigenvalue weighted by molar-refractivity contribution is -0.132. The smallest absolute Gasteiger partial charge is 0.232 e. The molecule has 1 rings (SSSR count). The van der Waals surface area contributed by atoms with E-state index in [-0.39, 0.29) is 11.8 Å². The molecular weight excluding hydrogens is 246 g/mol. The Morgan fingerprint density at radius 1 is 1.61 bits per heavy atom. The zero-order valence-electron chi connectivity index (χ0n) is 11.7. The van der Waals surface area contributed by atoms with Gasteiger partial charge in [0.05, 0.1) is 10.9 Å². The number of carbonyl (C=O) groups is 1. The summed E-state index contributed by atoms with van der Waals surface area (Å²) < 4.78 is 0. The van der Waals surface area contributed by atoms with Crippen molar-refractivity contribution in [2.45, 2.75) is 38.6 Å². The fourth-order valence-corrected chi connectivity index (χ4v) is 2.78. The predicted octanol–water partition coefficient (Wildman–Crippen LogP) is 1.24. The molecule has 0 bridgehead atoms. The fourth-order valence-electron chi connectivity index (χ4n) is 2.56. The van der Waals surface area contributed by atoms with Crippen LogP contribution in [0.1, 0.15) is 32.6 Å². The number of rotatable bonds is 6. The Kier molecular flexibility index (Phi) is 6.02. The Morgan fingerprint density at radius 2 is 2.28 bits per heavy atom. The van der Waals surface area contributed by atoms with Gasteiger partial charge in [0.2, 0.25) is 5.91 Å². The summed E-state index contributed by atoms with van der Waals surface area (Å²) in [4.78, 5) is 16.8. The van der Waals surface area contributed by atoms with Crippen LogP contribution < -0.4 is 5.73 Å². The van der Waals surface area contributed by atoms with E-state index in [4.69, 9.17) is 18.0 Å². The molecule has 5 heteroatoms. The normalized spacial score (nSPS) is 21.8. The molecule has 1 aliphatic heterocycles. The molecule has 18 heavy (non-hydrogen) atoms. The van der Waals surface area contributed by atoms with Crippen LogP contribution in [0.5, 0.6) is 0 Å². The molecule has 0 aromatic rings. The molecule has 2 N–H and O–H groups in total. The third kappa shape index (κ3) is 3.92. The van der Waals surface area contributed by atoms with Crippen molar-refractivity contribution < 1.29 is 4.79 Å². The average molecular weight is 271 g/mol. The Morgan fingerprint density at radius 3 is 2.72 bits per heavy atom. The van der Waals surface area contributed by atoms with Crippen molar-refractivity contribution in [2.75, 3.05) is 27.2 Å². The number of amides is 1. The highest BCUT2D eigenvalue weighted by atomic mass is 32.1. The molecule has 2 unspecified atom stereocenters. The Labute approximate surface area is 115 Å². The molecule has 4 nitrogen and oxygen atoms in total. The second-order valence-corrected chi connectivity index (χ2v) is 5.71. The summed E-state index contributed by atoms with van der Waals surface area (Å²) in [5.74, 6) is -0.216. The first kappa shape index (κ1) is 15.4. The van der Waals surface area contributed by atoms with Crippen LogP contribution in [0.25, 0.3) is 0 Å². The van der Waals surface area contributed by atoms with Gasteiger partial charge in [-0.15, -0.1) is 0 Å². The lowest BCUT2D eigenvalue weighted by Crippen LogP contribution is -2.44. The Hall–Kier alpha value is -0.680. The zero-order valence-corrected chi connectivity index (χ0v) is 12.5. The molecule has 0 saturated carbocycles. The summed E-state index contributed by atoms with van der Waals surface area (Å²) in [7, 11) is 3.97. The second kappa shape index (κ2) is 7.04. The van der Waals surface area contributed by atoms with Gasteiger partial charge >= 0.3 is 0 Å². The lowest BCUT2D eigenvalue weighted by atomic mass is 10.0. The zero-order chi connectivity index (χ0) is 13.7. The van der Waals surface area contributed by atoms with Gasteiger partial charge in [0, 0.05) is 19.6 Å². The van der Waals surface area contributed by atoms with Crippen LogP contribution in [0.2, 0.25) is 0 Å². The van der Waals surface area contributed by atoms with Crippen molar-refractivity contribution in [3.8, 4) is 0 Å². The van der Waals surface area contributed by atoms with E-state index in [9.17, 15) is 4.79 Å². The highest BCUT2D eigenvalue weighted by molar-refractivity contribution is 7.80. The average Bonchev–Trinajstić information content (AvgIpc) is 2.70. The maximum Gasteiger partial charge on any atom is 0.232 e. The van der Waals surface area contributed by atoms with E-state index in [0.717, 1.165) is 25.9 Å². The van der Waals surface area contributed by atoms with Crippen LogP contribution in [0, 0.1) is 5.92 Å². The van der Waals surface area contributed by atoms with E-state index < -0.39 is 0 Å². The van der Waals surface area contributed by atoms with E-state index in [1.54, 1.807) is 4.90 Å². The minimum absolute atomic E-state index is 0.0737. The maximum absolute atomic E-state index is 12.3. The number of hydrogen-bond donors (Lipinski definition) is 1. The first-order chi connectivity index (χ1) is 8.47. The van der Waals surface area contributed by atoms with E-state index in [1.807, 2.05) is 14.0 Å². The van der Waals surface area contributed by atoms with E-state index >= 15 is 0 Å². The van der Waals surface area contributed by atoms with Gasteiger partial charge in [-0.1, -0.05) is 25.6 Å². The summed E-state index contributed by atoms with van der Waals surface area (Å²) in [5.41, 5.74) is 5.67. The molecule has 2 atom stereocenters. The number of thiocarbonyl (C=S) groups is 1. The van der Waals surface area contributed by atoms with Gasteiger partial charge in [0.1, 0.15) is 0 Å². The predicted molar refractivity (Wildman–Crippen MR) is 78.5 cm³/mol. The Bertz CT molecular complexity index is 309. The monoisotopic (exact) mass is 271 g/mol. The van der Waals surface area contributed by atoms with E-state index in [2.05, 4.69) is 11.9 Å². The third-order valence-corrected chi connectivity index (χ3v) is 4.04. The highest BCUT2D eigenvalue weighted by Gasteiger charge is 2.28. The number of carbonyl (C=O) groups excluding carboxylic acids is 1. The topological polar surface area (TPSA) is 49.6 Å². The highest BCUT2D eigenvalue weighted by Crippen LogP contribution is 2.17. The number of likely N-dealkylation sites (N-methyl/N-ethyl adjacent to an activating group) is 2. The van der Waals surface area contributed by atoms with Crippen LogP contribution in [-0.4, -0.2) is 53.9 Å².